The van der Waals surface area contributed by atoms with Gasteiger partial charge in [0.15, 0.2) is 0 Å². The van der Waals surface area contributed by atoms with Crippen molar-refractivity contribution in [2.75, 3.05) is 19.8 Å². The van der Waals surface area contributed by atoms with Crippen LogP contribution in [0.15, 0.2) is 30.3 Å². The highest BCUT2D eigenvalue weighted by Gasteiger charge is 2.22. The number of hydroxylamine groups is 2. The highest BCUT2D eigenvalue weighted by atomic mass is 16.5. The van der Waals surface area contributed by atoms with Gasteiger partial charge in [-0.25, -0.2) is 0 Å². The molecule has 0 aromatic heterocycles. The predicted octanol–water partition coefficient (Wildman–Crippen LogP) is 1.45. The number of morpholine rings is 1. The minimum absolute atomic E-state index is 0.00468. The lowest BCUT2D eigenvalue weighted by Gasteiger charge is -2.30. The van der Waals surface area contributed by atoms with Crippen LogP contribution in [0.1, 0.15) is 11.6 Å². The van der Waals surface area contributed by atoms with Gasteiger partial charge in [0.1, 0.15) is 0 Å². The molecule has 1 aromatic rings. The van der Waals surface area contributed by atoms with Crippen LogP contribution in [0.2, 0.25) is 0 Å². The summed E-state index contributed by atoms with van der Waals surface area (Å²) in [5.41, 5.74) is 1.10. The van der Waals surface area contributed by atoms with Crippen LogP contribution in [0.25, 0.3) is 0 Å². The molecule has 13 heavy (non-hydrogen) atoms. The van der Waals surface area contributed by atoms with E-state index in [4.69, 9.17) is 4.74 Å². The second-order valence-electron chi connectivity index (χ2n) is 3.16. The Bertz CT molecular complexity index is 263. The maximum Gasteiger partial charge on any atom is 0.0834 e. The number of rotatable bonds is 1. The molecule has 0 aliphatic carbocycles. The van der Waals surface area contributed by atoms with Crippen LogP contribution in [-0.4, -0.2) is 30.0 Å². The van der Waals surface area contributed by atoms with Crippen LogP contribution in [0.3, 0.4) is 0 Å². The van der Waals surface area contributed by atoms with Crippen molar-refractivity contribution in [1.82, 2.24) is 5.06 Å². The highest BCUT2D eigenvalue weighted by Crippen LogP contribution is 2.21. The lowest BCUT2D eigenvalue weighted by Crippen LogP contribution is -2.36. The van der Waals surface area contributed by atoms with Gasteiger partial charge in [0.05, 0.1) is 19.3 Å². The van der Waals surface area contributed by atoms with Crippen molar-refractivity contribution in [3.63, 3.8) is 0 Å². The van der Waals surface area contributed by atoms with E-state index in [0.717, 1.165) is 5.56 Å². The fraction of sp³-hybridized carbons (Fsp3) is 0.400. The quantitative estimate of drug-likeness (QED) is 0.708. The third-order valence-electron chi connectivity index (χ3n) is 2.28. The van der Waals surface area contributed by atoms with Gasteiger partial charge in [0, 0.05) is 6.54 Å². The van der Waals surface area contributed by atoms with Crippen molar-refractivity contribution in [3.8, 4) is 0 Å². The summed E-state index contributed by atoms with van der Waals surface area (Å²) in [4.78, 5) is 0. The average molecular weight is 179 g/mol. The van der Waals surface area contributed by atoms with Gasteiger partial charge in [-0.2, -0.15) is 5.06 Å². The molecular weight excluding hydrogens is 166 g/mol. The van der Waals surface area contributed by atoms with E-state index >= 15 is 0 Å². The van der Waals surface area contributed by atoms with E-state index in [2.05, 4.69) is 0 Å². The maximum atomic E-state index is 9.58. The Hall–Kier alpha value is -0.900. The summed E-state index contributed by atoms with van der Waals surface area (Å²) >= 11 is 0. The van der Waals surface area contributed by atoms with Gasteiger partial charge in [-0.05, 0) is 5.56 Å². The Labute approximate surface area is 77.5 Å². The lowest BCUT2D eigenvalue weighted by molar-refractivity contribution is -0.183. The van der Waals surface area contributed by atoms with Crippen LogP contribution in [0, 0.1) is 0 Å². The molecule has 70 valence electrons. The van der Waals surface area contributed by atoms with E-state index in [1.54, 1.807) is 0 Å². The van der Waals surface area contributed by atoms with Gasteiger partial charge in [0.2, 0.25) is 0 Å². The molecule has 1 aliphatic rings. The molecule has 1 atom stereocenters. The third kappa shape index (κ3) is 1.88. The monoisotopic (exact) mass is 179 g/mol. The molecule has 3 heteroatoms. The van der Waals surface area contributed by atoms with E-state index in [1.165, 1.54) is 5.06 Å². The van der Waals surface area contributed by atoms with E-state index in [-0.39, 0.29) is 6.04 Å². The van der Waals surface area contributed by atoms with E-state index in [0.29, 0.717) is 19.8 Å². The molecule has 1 N–H and O–H groups in total. The number of ether oxygens (including phenoxy) is 1. The summed E-state index contributed by atoms with van der Waals surface area (Å²) in [5, 5.41) is 10.9. The maximum absolute atomic E-state index is 9.58. The zero-order valence-corrected chi connectivity index (χ0v) is 7.39. The number of hydrogen-bond acceptors (Lipinski definition) is 3. The van der Waals surface area contributed by atoms with Crippen LogP contribution >= 0.6 is 0 Å². The van der Waals surface area contributed by atoms with Crippen molar-refractivity contribution in [1.29, 1.82) is 0 Å². The average Bonchev–Trinajstić information content (AvgIpc) is 2.20. The van der Waals surface area contributed by atoms with Gasteiger partial charge in [-0.15, -0.1) is 0 Å². The Morgan fingerprint density at radius 3 is 2.77 bits per heavy atom. The molecule has 3 nitrogen and oxygen atoms in total. The van der Waals surface area contributed by atoms with Crippen LogP contribution in [0.4, 0.5) is 0 Å². The van der Waals surface area contributed by atoms with Crippen LogP contribution in [-0.2, 0) is 4.74 Å². The van der Waals surface area contributed by atoms with Crippen molar-refractivity contribution in [2.45, 2.75) is 6.04 Å². The Morgan fingerprint density at radius 1 is 1.31 bits per heavy atom. The second kappa shape index (κ2) is 3.87. The molecule has 0 bridgehead atoms. The van der Waals surface area contributed by atoms with Crippen molar-refractivity contribution >= 4 is 0 Å². The van der Waals surface area contributed by atoms with E-state index < -0.39 is 0 Å². The first-order valence-electron chi connectivity index (χ1n) is 4.46. The van der Waals surface area contributed by atoms with Gasteiger partial charge >= 0.3 is 0 Å². The molecule has 1 heterocycles. The van der Waals surface area contributed by atoms with Crippen LogP contribution in [0.5, 0.6) is 0 Å². The molecule has 1 aromatic carbocycles. The minimum Gasteiger partial charge on any atom is -0.378 e. The molecule has 1 saturated heterocycles. The fourth-order valence-electron chi connectivity index (χ4n) is 1.54. The summed E-state index contributed by atoms with van der Waals surface area (Å²) < 4.78 is 5.31. The first-order chi connectivity index (χ1) is 6.38. The number of hydrogen-bond donors (Lipinski definition) is 1. The number of benzene rings is 1. The van der Waals surface area contributed by atoms with Crippen molar-refractivity contribution in [3.05, 3.63) is 35.9 Å². The van der Waals surface area contributed by atoms with Gasteiger partial charge in [-0.1, -0.05) is 30.3 Å². The molecule has 1 fully saturated rings. The zero-order chi connectivity index (χ0) is 9.10. The van der Waals surface area contributed by atoms with E-state index in [1.807, 2.05) is 30.3 Å². The normalized spacial score (nSPS) is 24.5. The largest absolute Gasteiger partial charge is 0.378 e. The summed E-state index contributed by atoms with van der Waals surface area (Å²) in [6.45, 7) is 1.76. The second-order valence-corrected chi connectivity index (χ2v) is 3.16. The third-order valence-corrected chi connectivity index (χ3v) is 2.28. The smallest absolute Gasteiger partial charge is 0.0834 e. The molecule has 1 aliphatic heterocycles. The molecule has 2 rings (SSSR count). The molecule has 1 unspecified atom stereocenters. The van der Waals surface area contributed by atoms with Gasteiger partial charge < -0.3 is 9.94 Å². The highest BCUT2D eigenvalue weighted by molar-refractivity contribution is 5.18. The minimum atomic E-state index is -0.00468. The molecular formula is C10H13NO2. The predicted molar refractivity (Wildman–Crippen MR) is 48.5 cm³/mol. The van der Waals surface area contributed by atoms with Gasteiger partial charge in [-0.3, -0.25) is 0 Å². The summed E-state index contributed by atoms with van der Waals surface area (Å²) in [5.74, 6) is 0. The van der Waals surface area contributed by atoms with E-state index in [9.17, 15) is 5.21 Å². The lowest BCUT2D eigenvalue weighted by atomic mass is 10.1. The van der Waals surface area contributed by atoms with Crippen molar-refractivity contribution in [2.24, 2.45) is 0 Å². The summed E-state index contributed by atoms with van der Waals surface area (Å²) in [6, 6.07) is 9.91. The summed E-state index contributed by atoms with van der Waals surface area (Å²) in [6.07, 6.45) is 0. The number of nitrogens with zero attached hydrogens (tertiary/aromatic N) is 1. The zero-order valence-electron chi connectivity index (χ0n) is 7.39. The van der Waals surface area contributed by atoms with Crippen molar-refractivity contribution < 1.29 is 9.94 Å². The fourth-order valence-corrected chi connectivity index (χ4v) is 1.54. The first-order valence-corrected chi connectivity index (χ1v) is 4.46. The molecule has 0 saturated carbocycles. The van der Waals surface area contributed by atoms with Gasteiger partial charge in [0.25, 0.3) is 0 Å². The Balaban J connectivity index is 2.15. The first kappa shape index (κ1) is 8.69. The van der Waals surface area contributed by atoms with Crippen LogP contribution < -0.4 is 0 Å². The Morgan fingerprint density at radius 2 is 2.08 bits per heavy atom. The molecule has 0 amide bonds. The molecule has 0 radical (unpaired) electrons. The topological polar surface area (TPSA) is 32.7 Å². The summed E-state index contributed by atoms with van der Waals surface area (Å²) in [7, 11) is 0. The molecule has 0 spiro atoms. The standard InChI is InChI=1S/C10H13NO2/c12-11-6-7-13-8-10(11)9-4-2-1-3-5-9/h1-5,10,12H,6-8H2. The Kier molecular flexibility index (Phi) is 2.59. The SMILES string of the molecule is ON1CCOCC1c1ccccc1.